The third kappa shape index (κ3) is 2.88. The van der Waals surface area contributed by atoms with Gasteiger partial charge in [0, 0.05) is 17.6 Å². The van der Waals surface area contributed by atoms with E-state index in [-0.39, 0.29) is 0 Å². The predicted octanol–water partition coefficient (Wildman–Crippen LogP) is 3.74. The summed E-state index contributed by atoms with van der Waals surface area (Å²) in [6.45, 7) is 2.23. The lowest BCUT2D eigenvalue weighted by atomic mass is 9.88. The minimum atomic E-state index is 0.412. The highest BCUT2D eigenvalue weighted by Gasteiger charge is 2.22. The van der Waals surface area contributed by atoms with Gasteiger partial charge in [0.2, 0.25) is 0 Å². The van der Waals surface area contributed by atoms with Gasteiger partial charge in [-0.2, -0.15) is 0 Å². The molecule has 19 heavy (non-hydrogen) atoms. The van der Waals surface area contributed by atoms with Crippen LogP contribution in [0.1, 0.15) is 41.9 Å². The zero-order chi connectivity index (χ0) is 13.1. The summed E-state index contributed by atoms with van der Waals surface area (Å²) in [4.78, 5) is 4.45. The fourth-order valence-electron chi connectivity index (χ4n) is 2.89. The number of aryl methyl sites for hydroxylation is 1. The number of nitrogens with zero attached hydrogens (tertiary/aromatic N) is 1. The van der Waals surface area contributed by atoms with Crippen molar-refractivity contribution in [2.75, 3.05) is 0 Å². The molecule has 1 heterocycles. The summed E-state index contributed by atoms with van der Waals surface area (Å²) in [5.41, 5.74) is 3.04. The van der Waals surface area contributed by atoms with Crippen LogP contribution in [0.5, 0.6) is 0 Å². The molecule has 0 amide bonds. The Morgan fingerprint density at radius 2 is 2.21 bits per heavy atom. The second kappa shape index (κ2) is 5.85. The van der Waals surface area contributed by atoms with E-state index < -0.39 is 0 Å². The summed E-state index contributed by atoms with van der Waals surface area (Å²) in [6, 6.07) is 9.84. The number of fused-ring (bicyclic) bond motifs is 1. The average Bonchev–Trinajstić information content (AvgIpc) is 2.98. The van der Waals surface area contributed by atoms with Crippen molar-refractivity contribution in [2.24, 2.45) is 0 Å². The van der Waals surface area contributed by atoms with E-state index in [0.717, 1.165) is 12.8 Å². The molecule has 2 atom stereocenters. The minimum Gasteiger partial charge on any atom is -0.305 e. The van der Waals surface area contributed by atoms with E-state index in [9.17, 15) is 0 Å². The fourth-order valence-corrected chi connectivity index (χ4v) is 3.68. The monoisotopic (exact) mass is 272 g/mol. The molecule has 0 aliphatic heterocycles. The third-order valence-electron chi connectivity index (χ3n) is 3.94. The van der Waals surface area contributed by atoms with E-state index in [1.54, 1.807) is 11.3 Å². The first kappa shape index (κ1) is 12.8. The van der Waals surface area contributed by atoms with Crippen molar-refractivity contribution in [1.29, 1.82) is 0 Å². The van der Waals surface area contributed by atoms with Crippen molar-refractivity contribution in [1.82, 2.24) is 10.3 Å². The van der Waals surface area contributed by atoms with Crippen LogP contribution >= 0.6 is 11.3 Å². The molecule has 1 N–H and O–H groups in total. The maximum absolute atomic E-state index is 4.45. The Hall–Kier alpha value is -1.19. The van der Waals surface area contributed by atoms with Crippen LogP contribution in [0.3, 0.4) is 0 Å². The van der Waals surface area contributed by atoms with Crippen molar-refractivity contribution in [3.63, 3.8) is 0 Å². The van der Waals surface area contributed by atoms with Crippen molar-refractivity contribution >= 4 is 11.3 Å². The number of hydrogen-bond donors (Lipinski definition) is 1. The molecule has 0 radical (unpaired) electrons. The molecule has 0 saturated heterocycles. The van der Waals surface area contributed by atoms with Gasteiger partial charge < -0.3 is 5.32 Å². The van der Waals surface area contributed by atoms with Gasteiger partial charge in [-0.15, -0.1) is 11.3 Å². The standard InChI is InChI=1S/C16H20N2S/c1-2-15(16-17-9-10-19-16)18-14-8-7-12-5-3-4-6-13(12)11-14/h3-6,9-10,14-15,18H,2,7-8,11H2,1H3. The lowest BCUT2D eigenvalue weighted by Crippen LogP contribution is -2.37. The largest absolute Gasteiger partial charge is 0.305 e. The maximum atomic E-state index is 4.45. The van der Waals surface area contributed by atoms with Crippen LogP contribution in [0.25, 0.3) is 0 Å². The van der Waals surface area contributed by atoms with E-state index >= 15 is 0 Å². The van der Waals surface area contributed by atoms with Gasteiger partial charge in [0.25, 0.3) is 0 Å². The van der Waals surface area contributed by atoms with Gasteiger partial charge in [-0.05, 0) is 36.8 Å². The molecule has 1 aliphatic rings. The summed E-state index contributed by atoms with van der Waals surface area (Å²) in [6.07, 6.45) is 6.59. The molecule has 0 saturated carbocycles. The molecule has 2 nitrogen and oxygen atoms in total. The van der Waals surface area contributed by atoms with Gasteiger partial charge in [0.05, 0.1) is 6.04 Å². The molecule has 100 valence electrons. The highest BCUT2D eigenvalue weighted by Crippen LogP contribution is 2.25. The quantitative estimate of drug-likeness (QED) is 0.917. The first-order valence-corrected chi connectivity index (χ1v) is 7.97. The molecule has 1 aromatic heterocycles. The summed E-state index contributed by atoms with van der Waals surface area (Å²) in [5.74, 6) is 0. The Morgan fingerprint density at radius 3 is 2.95 bits per heavy atom. The average molecular weight is 272 g/mol. The topological polar surface area (TPSA) is 24.9 Å². The van der Waals surface area contributed by atoms with Crippen molar-refractivity contribution < 1.29 is 0 Å². The van der Waals surface area contributed by atoms with Crippen LogP contribution < -0.4 is 5.32 Å². The smallest absolute Gasteiger partial charge is 0.109 e. The van der Waals surface area contributed by atoms with E-state index in [2.05, 4.69) is 46.9 Å². The lowest BCUT2D eigenvalue weighted by Gasteiger charge is -2.28. The molecular formula is C16H20N2S. The third-order valence-corrected chi connectivity index (χ3v) is 4.83. The van der Waals surface area contributed by atoms with E-state index in [1.165, 1.54) is 29.0 Å². The predicted molar refractivity (Wildman–Crippen MR) is 80.5 cm³/mol. The van der Waals surface area contributed by atoms with Crippen LogP contribution in [0.4, 0.5) is 0 Å². The Balaban J connectivity index is 1.68. The molecule has 0 spiro atoms. The SMILES string of the molecule is CCC(NC1CCc2ccccc2C1)c1nccs1. The second-order valence-electron chi connectivity index (χ2n) is 5.21. The van der Waals surface area contributed by atoms with Crippen LogP contribution in [0.15, 0.2) is 35.8 Å². The fraction of sp³-hybridized carbons (Fsp3) is 0.438. The van der Waals surface area contributed by atoms with Gasteiger partial charge in [-0.1, -0.05) is 31.2 Å². The van der Waals surface area contributed by atoms with Crippen molar-refractivity contribution in [3.05, 3.63) is 52.0 Å². The normalized spacial score (nSPS) is 19.9. The summed E-state index contributed by atoms with van der Waals surface area (Å²) in [7, 11) is 0. The highest BCUT2D eigenvalue weighted by atomic mass is 32.1. The zero-order valence-electron chi connectivity index (χ0n) is 11.3. The summed E-state index contributed by atoms with van der Waals surface area (Å²) < 4.78 is 0. The molecule has 2 unspecified atom stereocenters. The Labute approximate surface area is 118 Å². The highest BCUT2D eigenvalue weighted by molar-refractivity contribution is 7.09. The van der Waals surface area contributed by atoms with Crippen molar-refractivity contribution in [3.8, 4) is 0 Å². The molecule has 3 rings (SSSR count). The first-order chi connectivity index (χ1) is 9.36. The minimum absolute atomic E-state index is 0.412. The Morgan fingerprint density at radius 1 is 1.37 bits per heavy atom. The summed E-state index contributed by atoms with van der Waals surface area (Å²) in [5, 5.41) is 7.09. The number of hydrogen-bond acceptors (Lipinski definition) is 3. The van der Waals surface area contributed by atoms with Crippen LogP contribution in [-0.4, -0.2) is 11.0 Å². The van der Waals surface area contributed by atoms with E-state index in [4.69, 9.17) is 0 Å². The van der Waals surface area contributed by atoms with Crippen LogP contribution in [-0.2, 0) is 12.8 Å². The summed E-state index contributed by atoms with van der Waals surface area (Å²) >= 11 is 1.76. The molecule has 1 aliphatic carbocycles. The molecule has 2 aromatic rings. The lowest BCUT2D eigenvalue weighted by molar-refractivity contribution is 0.391. The number of aromatic nitrogens is 1. The van der Waals surface area contributed by atoms with Crippen LogP contribution in [0, 0.1) is 0 Å². The number of thiazole rings is 1. The molecule has 0 bridgehead atoms. The Bertz CT molecular complexity index is 521. The number of benzene rings is 1. The van der Waals surface area contributed by atoms with Gasteiger partial charge in [-0.3, -0.25) is 0 Å². The molecular weight excluding hydrogens is 252 g/mol. The molecule has 1 aromatic carbocycles. The van der Waals surface area contributed by atoms with Crippen LogP contribution in [0.2, 0.25) is 0 Å². The second-order valence-corrected chi connectivity index (χ2v) is 6.13. The molecule has 3 heteroatoms. The Kier molecular flexibility index (Phi) is 3.95. The van der Waals surface area contributed by atoms with E-state index in [0.29, 0.717) is 12.1 Å². The number of rotatable bonds is 4. The van der Waals surface area contributed by atoms with Gasteiger partial charge >= 0.3 is 0 Å². The van der Waals surface area contributed by atoms with Gasteiger partial charge in [-0.25, -0.2) is 4.98 Å². The van der Waals surface area contributed by atoms with E-state index in [1.807, 2.05) is 6.20 Å². The first-order valence-electron chi connectivity index (χ1n) is 7.09. The zero-order valence-corrected chi connectivity index (χ0v) is 12.1. The maximum Gasteiger partial charge on any atom is 0.109 e. The molecule has 0 fully saturated rings. The van der Waals surface area contributed by atoms with Gasteiger partial charge in [0.15, 0.2) is 0 Å². The van der Waals surface area contributed by atoms with Gasteiger partial charge in [0.1, 0.15) is 5.01 Å². The van der Waals surface area contributed by atoms with Crippen molar-refractivity contribution in [2.45, 2.75) is 44.7 Å². The number of nitrogens with one attached hydrogen (secondary N) is 1.